The summed E-state index contributed by atoms with van der Waals surface area (Å²) in [5, 5.41) is 0. The minimum Gasteiger partial charge on any atom is -0.351 e. The van der Waals surface area contributed by atoms with E-state index in [0.717, 1.165) is 25.1 Å². The van der Waals surface area contributed by atoms with Crippen molar-refractivity contribution < 1.29 is 9.18 Å². The summed E-state index contributed by atoms with van der Waals surface area (Å²) >= 11 is 0. The topological polar surface area (TPSA) is 52.6 Å². The first-order chi connectivity index (χ1) is 13.7. The first-order valence-corrected chi connectivity index (χ1v) is 10.0. The van der Waals surface area contributed by atoms with Crippen LogP contribution < -0.4 is 9.80 Å². The molecule has 1 aromatic heterocycles. The Kier molecular flexibility index (Phi) is 4.27. The highest BCUT2D eigenvalue weighted by Crippen LogP contribution is 2.35. The quantitative estimate of drug-likeness (QED) is 0.811. The van der Waals surface area contributed by atoms with Crippen LogP contribution in [-0.4, -0.2) is 59.0 Å². The number of rotatable bonds is 4. The van der Waals surface area contributed by atoms with Gasteiger partial charge >= 0.3 is 0 Å². The van der Waals surface area contributed by atoms with Gasteiger partial charge in [0.15, 0.2) is 11.6 Å². The highest BCUT2D eigenvalue weighted by molar-refractivity contribution is 5.96. The van der Waals surface area contributed by atoms with Gasteiger partial charge in [0, 0.05) is 37.4 Å². The molecule has 3 saturated heterocycles. The fourth-order valence-corrected chi connectivity index (χ4v) is 4.82. The van der Waals surface area contributed by atoms with Gasteiger partial charge in [-0.05, 0) is 30.9 Å². The lowest BCUT2D eigenvalue weighted by atomic mass is 9.87. The van der Waals surface area contributed by atoms with Crippen molar-refractivity contribution in [3.8, 4) is 0 Å². The van der Waals surface area contributed by atoms with Gasteiger partial charge in [-0.2, -0.15) is 0 Å². The third-order valence-electron chi connectivity index (χ3n) is 6.33. The van der Waals surface area contributed by atoms with E-state index < -0.39 is 0 Å². The van der Waals surface area contributed by atoms with E-state index in [9.17, 15) is 9.18 Å². The molecular weight excluding hydrogens is 357 g/mol. The smallest absolute Gasteiger partial charge is 0.241 e. The molecule has 1 amide bonds. The third kappa shape index (κ3) is 2.76. The molecule has 3 fully saturated rings. The van der Waals surface area contributed by atoms with Gasteiger partial charge in [0.1, 0.15) is 6.33 Å². The molecule has 2 atom stereocenters. The van der Waals surface area contributed by atoms with Crippen molar-refractivity contribution in [2.24, 2.45) is 0 Å². The predicted octanol–water partition coefficient (Wildman–Crippen LogP) is 2.03. The highest BCUT2D eigenvalue weighted by atomic mass is 19.1. The Bertz CT molecular complexity index is 907. The summed E-state index contributed by atoms with van der Waals surface area (Å²) in [5.41, 5.74) is 2.76. The van der Waals surface area contributed by atoms with Crippen LogP contribution in [0.4, 0.5) is 15.9 Å². The molecule has 4 aliphatic rings. The number of benzene rings is 1. The maximum Gasteiger partial charge on any atom is 0.241 e. The molecule has 0 N–H and O–H groups in total. The van der Waals surface area contributed by atoms with Gasteiger partial charge < -0.3 is 9.80 Å². The molecule has 2 unspecified atom stereocenters. The standard InChI is InChI=1S/C21H24FN5O/c1-2-17-20(22)21(24-13-23-17)25-10-15-9-16(11-25)27(15)12-19(28)26-8-7-14-5-3-4-6-18(14)26/h3-6,13,15-16H,2,7-12H2,1H3. The van der Waals surface area contributed by atoms with E-state index >= 15 is 0 Å². The molecule has 146 valence electrons. The Labute approximate surface area is 164 Å². The molecule has 5 heterocycles. The number of piperidine rings is 1. The number of aryl methyl sites for hydroxylation is 1. The minimum atomic E-state index is -0.303. The van der Waals surface area contributed by atoms with Crippen LogP contribution in [0.3, 0.4) is 0 Å². The molecule has 6 rings (SSSR count). The second kappa shape index (κ2) is 6.81. The van der Waals surface area contributed by atoms with Crippen molar-refractivity contribution in [3.05, 3.63) is 47.7 Å². The van der Waals surface area contributed by atoms with Gasteiger partial charge in [-0.1, -0.05) is 25.1 Å². The van der Waals surface area contributed by atoms with E-state index in [1.54, 1.807) is 0 Å². The molecule has 28 heavy (non-hydrogen) atoms. The fraction of sp³-hybridized carbons (Fsp3) is 0.476. The van der Waals surface area contributed by atoms with Gasteiger partial charge in [-0.25, -0.2) is 14.4 Å². The minimum absolute atomic E-state index is 0.162. The molecule has 6 nitrogen and oxygen atoms in total. The molecule has 2 bridgehead atoms. The summed E-state index contributed by atoms with van der Waals surface area (Å²) in [6, 6.07) is 8.70. The molecule has 7 heteroatoms. The lowest BCUT2D eigenvalue weighted by molar-refractivity contribution is -0.124. The first kappa shape index (κ1) is 17.6. The average molecular weight is 381 g/mol. The van der Waals surface area contributed by atoms with Gasteiger partial charge in [-0.15, -0.1) is 0 Å². The van der Waals surface area contributed by atoms with Crippen LogP contribution in [0.15, 0.2) is 30.6 Å². The van der Waals surface area contributed by atoms with Crippen LogP contribution in [-0.2, 0) is 17.6 Å². The fourth-order valence-electron chi connectivity index (χ4n) is 4.82. The van der Waals surface area contributed by atoms with Crippen molar-refractivity contribution in [2.75, 3.05) is 36.0 Å². The Hall–Kier alpha value is -2.54. The average Bonchev–Trinajstić information content (AvgIpc) is 3.16. The number of piperazine rings is 1. The number of nitrogens with zero attached hydrogens (tertiary/aromatic N) is 5. The number of fused-ring (bicyclic) bond motifs is 3. The number of para-hydroxylation sites is 1. The molecule has 0 spiro atoms. The summed E-state index contributed by atoms with van der Waals surface area (Å²) in [5.74, 6) is 0.262. The Morgan fingerprint density at radius 2 is 2.00 bits per heavy atom. The van der Waals surface area contributed by atoms with Gasteiger partial charge in [0.2, 0.25) is 5.91 Å². The summed E-state index contributed by atoms with van der Waals surface area (Å²) in [7, 11) is 0. The summed E-state index contributed by atoms with van der Waals surface area (Å²) in [6.45, 7) is 4.50. The lowest BCUT2D eigenvalue weighted by Gasteiger charge is -2.56. The van der Waals surface area contributed by atoms with E-state index in [1.165, 1.54) is 11.9 Å². The van der Waals surface area contributed by atoms with Crippen LogP contribution in [0, 0.1) is 5.82 Å². The monoisotopic (exact) mass is 381 g/mol. The van der Waals surface area contributed by atoms with E-state index in [0.29, 0.717) is 37.6 Å². The third-order valence-corrected chi connectivity index (χ3v) is 6.33. The molecule has 0 aliphatic carbocycles. The zero-order valence-electron chi connectivity index (χ0n) is 16.0. The van der Waals surface area contributed by atoms with Crippen LogP contribution in [0.1, 0.15) is 24.6 Å². The number of halogens is 1. The Morgan fingerprint density at radius 3 is 2.79 bits per heavy atom. The Balaban J connectivity index is 1.26. The number of aromatic nitrogens is 2. The molecule has 2 aromatic rings. The highest BCUT2D eigenvalue weighted by Gasteiger charge is 2.46. The SMILES string of the molecule is CCc1ncnc(N2CC3CC(C2)N3CC(=O)N2CCc3ccccc32)c1F. The van der Waals surface area contributed by atoms with Crippen molar-refractivity contribution in [2.45, 2.75) is 38.3 Å². The maximum absolute atomic E-state index is 14.6. The number of anilines is 2. The number of amides is 1. The van der Waals surface area contributed by atoms with Crippen LogP contribution >= 0.6 is 0 Å². The molecule has 4 aliphatic heterocycles. The number of carbonyl (C=O) groups excluding carboxylic acids is 1. The molecule has 0 saturated carbocycles. The van der Waals surface area contributed by atoms with Crippen molar-refractivity contribution in [1.82, 2.24) is 14.9 Å². The summed E-state index contributed by atoms with van der Waals surface area (Å²) in [6.07, 6.45) is 3.99. The van der Waals surface area contributed by atoms with Crippen LogP contribution in [0.25, 0.3) is 0 Å². The number of hydrogen-bond donors (Lipinski definition) is 0. The van der Waals surface area contributed by atoms with Gasteiger partial charge in [0.25, 0.3) is 0 Å². The second-order valence-electron chi connectivity index (χ2n) is 7.86. The van der Waals surface area contributed by atoms with Crippen molar-refractivity contribution >= 4 is 17.4 Å². The number of carbonyl (C=O) groups is 1. The van der Waals surface area contributed by atoms with Crippen molar-refractivity contribution in [1.29, 1.82) is 0 Å². The Morgan fingerprint density at radius 1 is 1.21 bits per heavy atom. The maximum atomic E-state index is 14.6. The summed E-state index contributed by atoms with van der Waals surface area (Å²) in [4.78, 5) is 27.3. The lowest BCUT2D eigenvalue weighted by Crippen LogP contribution is -2.70. The van der Waals surface area contributed by atoms with E-state index in [-0.39, 0.29) is 23.8 Å². The van der Waals surface area contributed by atoms with E-state index in [1.807, 2.05) is 34.9 Å². The predicted molar refractivity (Wildman–Crippen MR) is 105 cm³/mol. The van der Waals surface area contributed by atoms with Gasteiger partial charge in [-0.3, -0.25) is 9.69 Å². The van der Waals surface area contributed by atoms with E-state index in [2.05, 4.69) is 20.9 Å². The molecular formula is C21H24FN5O. The number of hydrogen-bond acceptors (Lipinski definition) is 5. The summed E-state index contributed by atoms with van der Waals surface area (Å²) < 4.78 is 14.6. The normalized spacial score (nSPS) is 23.5. The van der Waals surface area contributed by atoms with Gasteiger partial charge in [0.05, 0.1) is 12.2 Å². The van der Waals surface area contributed by atoms with Crippen LogP contribution in [0.2, 0.25) is 0 Å². The zero-order chi connectivity index (χ0) is 19.3. The second-order valence-corrected chi connectivity index (χ2v) is 7.86. The van der Waals surface area contributed by atoms with E-state index in [4.69, 9.17) is 0 Å². The largest absolute Gasteiger partial charge is 0.351 e. The van der Waals surface area contributed by atoms with Crippen LogP contribution in [0.5, 0.6) is 0 Å². The zero-order valence-corrected chi connectivity index (χ0v) is 16.0. The molecule has 0 radical (unpaired) electrons. The molecule has 1 aromatic carbocycles. The first-order valence-electron chi connectivity index (χ1n) is 10.0. The van der Waals surface area contributed by atoms with Crippen molar-refractivity contribution in [3.63, 3.8) is 0 Å².